The predicted molar refractivity (Wildman–Crippen MR) is 107 cm³/mol. The van der Waals surface area contributed by atoms with Gasteiger partial charge in [0.15, 0.2) is 0 Å². The molecule has 0 aliphatic rings. The normalized spacial score (nSPS) is 11.2. The van der Waals surface area contributed by atoms with Crippen LogP contribution in [0.1, 0.15) is 16.7 Å². The minimum atomic E-state index is 0.621. The molecule has 0 spiro atoms. The Kier molecular flexibility index (Phi) is 5.60. The van der Waals surface area contributed by atoms with E-state index in [2.05, 4.69) is 49.4 Å². The van der Waals surface area contributed by atoms with Gasteiger partial charge in [-0.05, 0) is 60.5 Å². The van der Waals surface area contributed by atoms with Crippen LogP contribution < -0.4 is 0 Å². The van der Waals surface area contributed by atoms with Crippen LogP contribution in [0.15, 0.2) is 82.6 Å². The van der Waals surface area contributed by atoms with Crippen LogP contribution in [0, 0.1) is 18.3 Å². The predicted octanol–water partition coefficient (Wildman–Crippen LogP) is 6.86. The summed E-state index contributed by atoms with van der Waals surface area (Å²) in [4.78, 5) is 2.39. The van der Waals surface area contributed by atoms with Crippen molar-refractivity contribution in [1.29, 1.82) is 5.26 Å². The summed E-state index contributed by atoms with van der Waals surface area (Å²) in [6.07, 6.45) is 1.89. The van der Waals surface area contributed by atoms with E-state index in [1.165, 1.54) is 15.4 Å². The summed E-state index contributed by atoms with van der Waals surface area (Å²) in [7, 11) is 0. The summed E-state index contributed by atoms with van der Waals surface area (Å²) in [5.41, 5.74) is 3.75. The van der Waals surface area contributed by atoms with Gasteiger partial charge in [0.2, 0.25) is 0 Å². The van der Waals surface area contributed by atoms with E-state index in [-0.39, 0.29) is 0 Å². The maximum Gasteiger partial charge on any atom is 0.0998 e. The molecule has 0 saturated carbocycles. The lowest BCUT2D eigenvalue weighted by Crippen LogP contribution is -1.82. The van der Waals surface area contributed by atoms with Crippen LogP contribution in [0.2, 0.25) is 5.02 Å². The zero-order valence-corrected chi connectivity index (χ0v) is 15.3. The van der Waals surface area contributed by atoms with Gasteiger partial charge >= 0.3 is 0 Å². The molecule has 0 fully saturated rings. The van der Waals surface area contributed by atoms with Crippen molar-refractivity contribution in [3.05, 3.63) is 94.5 Å². The van der Waals surface area contributed by atoms with Crippen LogP contribution in [0.25, 0.3) is 11.6 Å². The van der Waals surface area contributed by atoms with E-state index in [1.807, 2.05) is 30.3 Å². The first-order valence-corrected chi connectivity index (χ1v) is 9.06. The van der Waals surface area contributed by atoms with E-state index >= 15 is 0 Å². The molecule has 1 nitrogen and oxygen atoms in total. The fourth-order valence-electron chi connectivity index (χ4n) is 2.35. The number of hydrogen-bond acceptors (Lipinski definition) is 2. The van der Waals surface area contributed by atoms with Crippen LogP contribution in [-0.4, -0.2) is 0 Å². The summed E-state index contributed by atoms with van der Waals surface area (Å²) in [6, 6.07) is 26.3. The van der Waals surface area contributed by atoms with Crippen molar-refractivity contribution >= 4 is 35.0 Å². The van der Waals surface area contributed by atoms with Gasteiger partial charge in [-0.3, -0.25) is 0 Å². The van der Waals surface area contributed by atoms with Gasteiger partial charge in [0, 0.05) is 14.8 Å². The lowest BCUT2D eigenvalue weighted by atomic mass is 10.0. The molecule has 0 atom stereocenters. The van der Waals surface area contributed by atoms with Crippen LogP contribution >= 0.6 is 23.4 Å². The Morgan fingerprint density at radius 2 is 1.44 bits per heavy atom. The maximum absolute atomic E-state index is 9.43. The van der Waals surface area contributed by atoms with E-state index in [4.69, 9.17) is 11.6 Å². The Hall–Kier alpha value is -2.47. The van der Waals surface area contributed by atoms with Gasteiger partial charge in [-0.25, -0.2) is 0 Å². The number of benzene rings is 3. The smallest absolute Gasteiger partial charge is 0.0998 e. The minimum absolute atomic E-state index is 0.621. The highest BCUT2D eigenvalue weighted by Crippen LogP contribution is 2.28. The van der Waals surface area contributed by atoms with Crippen molar-refractivity contribution in [2.45, 2.75) is 16.7 Å². The Morgan fingerprint density at radius 1 is 0.880 bits per heavy atom. The molecule has 0 amide bonds. The van der Waals surface area contributed by atoms with Crippen molar-refractivity contribution in [3.63, 3.8) is 0 Å². The number of nitriles is 1. The second-order valence-corrected chi connectivity index (χ2v) is 7.24. The van der Waals surface area contributed by atoms with Crippen molar-refractivity contribution in [1.82, 2.24) is 0 Å². The zero-order chi connectivity index (χ0) is 17.6. The van der Waals surface area contributed by atoms with Gasteiger partial charge in [0.1, 0.15) is 0 Å². The molecule has 0 aromatic heterocycles. The topological polar surface area (TPSA) is 23.8 Å². The van der Waals surface area contributed by atoms with Crippen LogP contribution in [0.3, 0.4) is 0 Å². The van der Waals surface area contributed by atoms with E-state index in [0.717, 1.165) is 11.1 Å². The molecule has 0 saturated heterocycles. The van der Waals surface area contributed by atoms with Crippen LogP contribution in [0.5, 0.6) is 0 Å². The summed E-state index contributed by atoms with van der Waals surface area (Å²) in [6.45, 7) is 2.09. The highest BCUT2D eigenvalue weighted by Gasteiger charge is 2.02. The molecule has 0 aliphatic heterocycles. The largest absolute Gasteiger partial charge is 0.192 e. The van der Waals surface area contributed by atoms with Gasteiger partial charge in [-0.2, -0.15) is 5.26 Å². The summed E-state index contributed by atoms with van der Waals surface area (Å²) in [5, 5.41) is 10.1. The third kappa shape index (κ3) is 4.76. The highest BCUT2D eigenvalue weighted by molar-refractivity contribution is 7.99. The van der Waals surface area contributed by atoms with Crippen molar-refractivity contribution in [2.24, 2.45) is 0 Å². The molecule has 3 aromatic rings. The molecule has 0 unspecified atom stereocenters. The molecule has 122 valence electrons. The van der Waals surface area contributed by atoms with E-state index < -0.39 is 0 Å². The zero-order valence-electron chi connectivity index (χ0n) is 13.7. The van der Waals surface area contributed by atoms with E-state index in [9.17, 15) is 5.26 Å². The average Bonchev–Trinajstić information content (AvgIpc) is 2.64. The second-order valence-electron chi connectivity index (χ2n) is 5.66. The Balaban J connectivity index is 1.78. The Morgan fingerprint density at radius 3 is 2.00 bits per heavy atom. The number of rotatable bonds is 4. The SMILES string of the molecule is Cc1ccc(Sc2ccc(/C=C(/C#N)c3ccc(Cl)cc3)cc2)cc1. The third-order valence-electron chi connectivity index (χ3n) is 3.72. The highest BCUT2D eigenvalue weighted by atomic mass is 35.5. The summed E-state index contributed by atoms with van der Waals surface area (Å²) >= 11 is 7.63. The Labute approximate surface area is 157 Å². The number of hydrogen-bond donors (Lipinski definition) is 0. The van der Waals surface area contributed by atoms with Gasteiger partial charge in [-0.15, -0.1) is 0 Å². The summed E-state index contributed by atoms with van der Waals surface area (Å²) < 4.78 is 0. The fraction of sp³-hybridized carbons (Fsp3) is 0.0455. The molecule has 3 heteroatoms. The first-order chi connectivity index (χ1) is 12.1. The number of halogens is 1. The average molecular weight is 362 g/mol. The quantitative estimate of drug-likeness (QED) is 0.374. The first-order valence-electron chi connectivity index (χ1n) is 7.86. The molecular formula is C22H16ClNS. The number of aryl methyl sites for hydroxylation is 1. The molecule has 0 bridgehead atoms. The standard InChI is InChI=1S/C22H16ClNS/c1-16-2-10-21(11-3-16)25-22-12-4-17(5-13-22)14-19(15-24)18-6-8-20(23)9-7-18/h2-14H,1H3/b19-14-. The van der Waals surface area contributed by atoms with E-state index in [0.29, 0.717) is 10.6 Å². The van der Waals surface area contributed by atoms with Crippen molar-refractivity contribution < 1.29 is 0 Å². The molecule has 3 aromatic carbocycles. The second kappa shape index (κ2) is 8.07. The van der Waals surface area contributed by atoms with Gasteiger partial charge in [0.05, 0.1) is 11.6 Å². The summed E-state index contributed by atoms with van der Waals surface area (Å²) in [5.74, 6) is 0. The monoisotopic (exact) mass is 361 g/mol. The van der Waals surface area contributed by atoms with Gasteiger partial charge < -0.3 is 0 Å². The molecule has 3 rings (SSSR count). The molecule has 0 N–H and O–H groups in total. The number of allylic oxidation sites excluding steroid dienone is 1. The third-order valence-corrected chi connectivity index (χ3v) is 4.99. The molecule has 25 heavy (non-hydrogen) atoms. The fourth-order valence-corrected chi connectivity index (χ4v) is 3.29. The minimum Gasteiger partial charge on any atom is -0.192 e. The molecule has 0 heterocycles. The first kappa shape index (κ1) is 17.4. The maximum atomic E-state index is 9.43. The van der Waals surface area contributed by atoms with Crippen molar-refractivity contribution in [2.75, 3.05) is 0 Å². The van der Waals surface area contributed by atoms with Crippen LogP contribution in [-0.2, 0) is 0 Å². The molecular weight excluding hydrogens is 346 g/mol. The lowest BCUT2D eigenvalue weighted by Gasteiger charge is -2.04. The van der Waals surface area contributed by atoms with E-state index in [1.54, 1.807) is 23.9 Å². The Bertz CT molecular complexity index is 918. The van der Waals surface area contributed by atoms with Crippen LogP contribution in [0.4, 0.5) is 0 Å². The van der Waals surface area contributed by atoms with Gasteiger partial charge in [-0.1, -0.05) is 65.3 Å². The number of nitrogens with zero attached hydrogens (tertiary/aromatic N) is 1. The molecule has 0 aliphatic carbocycles. The van der Waals surface area contributed by atoms with Crippen molar-refractivity contribution in [3.8, 4) is 6.07 Å². The lowest BCUT2D eigenvalue weighted by molar-refractivity contribution is 1.36. The van der Waals surface area contributed by atoms with Gasteiger partial charge in [0.25, 0.3) is 0 Å². The molecule has 0 radical (unpaired) electrons.